The van der Waals surface area contributed by atoms with Gasteiger partial charge in [-0.15, -0.1) is 0 Å². The van der Waals surface area contributed by atoms with E-state index in [-0.39, 0.29) is 56.9 Å². The number of hydrogen-bond acceptors (Lipinski definition) is 6. The van der Waals surface area contributed by atoms with Crippen molar-refractivity contribution in [1.82, 2.24) is 35.0 Å². The highest BCUT2D eigenvalue weighted by Gasteiger charge is 2.46. The van der Waals surface area contributed by atoms with Crippen molar-refractivity contribution < 1.29 is 32.3 Å². The van der Waals surface area contributed by atoms with Crippen molar-refractivity contribution in [2.45, 2.75) is 88.8 Å². The zero-order chi connectivity index (χ0) is 30.2. The van der Waals surface area contributed by atoms with E-state index in [1.54, 1.807) is 23.0 Å². The molecule has 10 nitrogen and oxygen atoms in total. The molecule has 0 saturated heterocycles. The number of aliphatic hydroxyl groups is 1. The molecule has 0 aromatic carbocycles. The summed E-state index contributed by atoms with van der Waals surface area (Å²) in [5, 5.41) is 24.2. The Kier molecular flexibility index (Phi) is 8.28. The normalized spacial score (nSPS) is 20.3. The van der Waals surface area contributed by atoms with Crippen molar-refractivity contribution in [2.24, 2.45) is 11.8 Å². The van der Waals surface area contributed by atoms with Crippen LogP contribution in [-0.4, -0.2) is 59.8 Å². The minimum Gasteiger partial charge on any atom is -0.394 e. The number of hydrogen-bond donors (Lipinski definition) is 3. The molecule has 3 N–H and O–H groups in total. The summed E-state index contributed by atoms with van der Waals surface area (Å²) in [5.41, 5.74) is 1.59. The number of imidazole rings is 1. The first-order valence-electron chi connectivity index (χ1n) is 14.2. The number of alkyl halides is 4. The average Bonchev–Trinajstić information content (AvgIpc) is 3.57. The van der Waals surface area contributed by atoms with Crippen LogP contribution in [0.3, 0.4) is 0 Å². The Labute approximate surface area is 239 Å². The van der Waals surface area contributed by atoms with Crippen LogP contribution in [0.5, 0.6) is 0 Å². The van der Waals surface area contributed by atoms with E-state index in [1.807, 2.05) is 13.8 Å². The van der Waals surface area contributed by atoms with E-state index >= 15 is 0 Å². The Morgan fingerprint density at radius 3 is 2.45 bits per heavy atom. The van der Waals surface area contributed by atoms with Gasteiger partial charge in [0, 0.05) is 49.9 Å². The molecule has 0 bridgehead atoms. The molecule has 0 spiro atoms. The SMILES string of the molecule is CC(C)n1nccc1C(=O)N[C@H](c1cn2ncc([C@H](CO)NC(=O)CC3CC(F)(F)C3)cc2n1)C1CCC(F)(F)CC1. The highest BCUT2D eigenvalue weighted by molar-refractivity contribution is 5.92. The molecule has 2 amide bonds. The van der Waals surface area contributed by atoms with Gasteiger partial charge in [-0.1, -0.05) is 0 Å². The van der Waals surface area contributed by atoms with Gasteiger partial charge in [0.05, 0.1) is 36.8 Å². The Morgan fingerprint density at radius 2 is 1.81 bits per heavy atom. The number of carbonyl (C=O) groups is 2. The number of aliphatic hydroxyl groups excluding tert-OH is 1. The molecule has 42 heavy (non-hydrogen) atoms. The number of nitrogens with one attached hydrogen (secondary N) is 2. The zero-order valence-electron chi connectivity index (χ0n) is 23.4. The van der Waals surface area contributed by atoms with Gasteiger partial charge in [0.25, 0.3) is 5.91 Å². The Hall–Kier alpha value is -3.55. The van der Waals surface area contributed by atoms with E-state index < -0.39 is 48.3 Å². The molecule has 3 aromatic heterocycles. The highest BCUT2D eigenvalue weighted by Crippen LogP contribution is 2.44. The predicted octanol–water partition coefficient (Wildman–Crippen LogP) is 4.39. The Bertz CT molecular complexity index is 1420. The van der Waals surface area contributed by atoms with Crippen molar-refractivity contribution in [2.75, 3.05) is 6.61 Å². The topological polar surface area (TPSA) is 126 Å². The molecule has 0 unspecified atom stereocenters. The van der Waals surface area contributed by atoms with Crippen LogP contribution >= 0.6 is 0 Å². The number of rotatable bonds is 10. The van der Waals surface area contributed by atoms with Gasteiger partial charge in [-0.05, 0) is 50.7 Å². The van der Waals surface area contributed by atoms with Gasteiger partial charge in [-0.25, -0.2) is 27.1 Å². The zero-order valence-corrected chi connectivity index (χ0v) is 23.4. The van der Waals surface area contributed by atoms with E-state index in [0.29, 0.717) is 22.6 Å². The van der Waals surface area contributed by atoms with Gasteiger partial charge >= 0.3 is 0 Å². The standard InChI is InChI=1S/C28H35F4N7O3/c1-16(2)39-22(5-8-33-39)26(42)37-25(18-3-6-27(29,30)7-4-18)20-14-38-23(35-20)10-19(13-34-38)21(15-40)36-24(41)9-17-11-28(31,32)12-17/h5,8,10,13-14,16-18,21,25,40H,3-4,6-7,9,11-12,15H2,1-2H3,(H,36,41)(H,37,42)/t21-,25-/m0/s1. The number of aromatic nitrogens is 5. The lowest BCUT2D eigenvalue weighted by Crippen LogP contribution is -2.40. The second-order valence-corrected chi connectivity index (χ2v) is 11.8. The molecule has 5 rings (SSSR count). The number of halogens is 4. The summed E-state index contributed by atoms with van der Waals surface area (Å²) < 4.78 is 57.3. The average molecular weight is 594 g/mol. The van der Waals surface area contributed by atoms with Crippen LogP contribution in [0.15, 0.2) is 30.7 Å². The third-order valence-corrected chi connectivity index (χ3v) is 8.16. The van der Waals surface area contributed by atoms with E-state index in [0.717, 1.165) is 0 Å². The van der Waals surface area contributed by atoms with Crippen molar-refractivity contribution in [3.05, 3.63) is 47.7 Å². The van der Waals surface area contributed by atoms with Gasteiger partial charge < -0.3 is 15.7 Å². The van der Waals surface area contributed by atoms with Crippen molar-refractivity contribution in [1.29, 1.82) is 0 Å². The molecule has 2 aliphatic rings. The second kappa shape index (κ2) is 11.6. The van der Waals surface area contributed by atoms with Gasteiger partial charge in [-0.2, -0.15) is 10.2 Å². The fourth-order valence-electron chi connectivity index (χ4n) is 5.88. The van der Waals surface area contributed by atoms with Crippen LogP contribution in [0, 0.1) is 11.8 Å². The molecule has 2 atom stereocenters. The maximum Gasteiger partial charge on any atom is 0.270 e. The number of amides is 2. The summed E-state index contributed by atoms with van der Waals surface area (Å²) in [4.78, 5) is 30.4. The highest BCUT2D eigenvalue weighted by atomic mass is 19.3. The monoisotopic (exact) mass is 593 g/mol. The lowest BCUT2D eigenvalue weighted by molar-refractivity contribution is -0.134. The molecule has 14 heteroatoms. The van der Waals surface area contributed by atoms with Crippen LogP contribution in [-0.2, 0) is 4.79 Å². The maximum atomic E-state index is 14.0. The van der Waals surface area contributed by atoms with Crippen molar-refractivity contribution >= 4 is 17.5 Å². The molecule has 0 aliphatic heterocycles. The molecule has 0 radical (unpaired) electrons. The van der Waals surface area contributed by atoms with Crippen LogP contribution in [0.1, 0.15) is 98.7 Å². The molecule has 228 valence electrons. The third-order valence-electron chi connectivity index (χ3n) is 8.16. The molecule has 3 heterocycles. The number of nitrogens with zero attached hydrogens (tertiary/aromatic N) is 5. The van der Waals surface area contributed by atoms with Crippen LogP contribution in [0.2, 0.25) is 0 Å². The number of carbonyl (C=O) groups excluding carboxylic acids is 2. The molecular weight excluding hydrogens is 558 g/mol. The lowest BCUT2D eigenvalue weighted by Gasteiger charge is -2.34. The summed E-state index contributed by atoms with van der Waals surface area (Å²) in [7, 11) is 0. The van der Waals surface area contributed by atoms with E-state index in [9.17, 15) is 32.3 Å². The van der Waals surface area contributed by atoms with E-state index in [1.165, 1.54) is 16.9 Å². The van der Waals surface area contributed by atoms with Gasteiger partial charge in [0.1, 0.15) is 5.69 Å². The maximum absolute atomic E-state index is 14.0. The predicted molar refractivity (Wildman–Crippen MR) is 143 cm³/mol. The fraction of sp³-hybridized carbons (Fsp3) is 0.607. The van der Waals surface area contributed by atoms with Crippen molar-refractivity contribution in [3.63, 3.8) is 0 Å². The first-order valence-corrected chi connectivity index (χ1v) is 14.2. The molecule has 2 aliphatic carbocycles. The van der Waals surface area contributed by atoms with Crippen molar-refractivity contribution in [3.8, 4) is 0 Å². The Balaban J connectivity index is 1.36. The molecule has 3 aromatic rings. The summed E-state index contributed by atoms with van der Waals surface area (Å²) in [6.45, 7) is 3.34. The fourth-order valence-corrected chi connectivity index (χ4v) is 5.88. The van der Waals surface area contributed by atoms with Crippen LogP contribution in [0.4, 0.5) is 17.6 Å². The Morgan fingerprint density at radius 1 is 1.10 bits per heavy atom. The molecular formula is C28H35F4N7O3. The van der Waals surface area contributed by atoms with E-state index in [2.05, 4.69) is 25.8 Å². The second-order valence-electron chi connectivity index (χ2n) is 11.8. The summed E-state index contributed by atoms with van der Waals surface area (Å²) in [6.07, 6.45) is 3.69. The summed E-state index contributed by atoms with van der Waals surface area (Å²) >= 11 is 0. The van der Waals surface area contributed by atoms with E-state index in [4.69, 9.17) is 0 Å². The van der Waals surface area contributed by atoms with Gasteiger partial charge in [0.2, 0.25) is 17.8 Å². The van der Waals surface area contributed by atoms with Crippen LogP contribution in [0.25, 0.3) is 5.65 Å². The summed E-state index contributed by atoms with van der Waals surface area (Å²) in [6, 6.07) is 1.64. The quantitative estimate of drug-likeness (QED) is 0.300. The smallest absolute Gasteiger partial charge is 0.270 e. The van der Waals surface area contributed by atoms with Crippen LogP contribution < -0.4 is 10.6 Å². The first kappa shape index (κ1) is 29.9. The van der Waals surface area contributed by atoms with Gasteiger partial charge in [-0.3, -0.25) is 14.3 Å². The first-order chi connectivity index (χ1) is 19.8. The minimum atomic E-state index is -2.75. The van der Waals surface area contributed by atoms with Gasteiger partial charge in [0.15, 0.2) is 5.65 Å². The largest absolute Gasteiger partial charge is 0.394 e. The number of fused-ring (bicyclic) bond motifs is 1. The summed E-state index contributed by atoms with van der Waals surface area (Å²) in [5.74, 6) is -7.02. The lowest BCUT2D eigenvalue weighted by atomic mass is 9.79. The third kappa shape index (κ3) is 6.58. The molecule has 2 fully saturated rings. The molecule has 2 saturated carbocycles. The minimum absolute atomic E-state index is 0.0627.